The first-order chi connectivity index (χ1) is 8.74. The zero-order valence-electron chi connectivity index (χ0n) is 9.94. The zero-order valence-corrected chi connectivity index (χ0v) is 10.8. The molecule has 0 atom stereocenters. The van der Waals surface area contributed by atoms with Gasteiger partial charge in [-0.25, -0.2) is 0 Å². The van der Waals surface area contributed by atoms with Crippen LogP contribution in [0.15, 0.2) is 23.1 Å². The molecule has 0 aromatic heterocycles. The average Bonchev–Trinajstić information content (AvgIpc) is 2.90. The van der Waals surface area contributed by atoms with Crippen molar-refractivity contribution >= 4 is 29.3 Å². The van der Waals surface area contributed by atoms with Crippen LogP contribution in [0.4, 0.5) is 5.69 Å². The fraction of sp³-hybridized carbons (Fsp3) is 0.385. The summed E-state index contributed by atoms with van der Waals surface area (Å²) in [6, 6.07) is 5.56. The first-order valence-corrected chi connectivity index (χ1v) is 7.08. The van der Waals surface area contributed by atoms with Gasteiger partial charge in [-0.15, -0.1) is 11.8 Å². The normalized spacial score (nSPS) is 18.4. The summed E-state index contributed by atoms with van der Waals surface area (Å²) in [7, 11) is 0. The minimum Gasteiger partial charge on any atom is -0.339 e. The average molecular weight is 262 g/mol. The Hall–Kier alpha value is -1.49. The number of benzene rings is 1. The monoisotopic (exact) mass is 262 g/mol. The molecular formula is C13H14N2O2S. The molecule has 5 heteroatoms. The lowest BCUT2D eigenvalue weighted by Gasteiger charge is -2.19. The highest BCUT2D eigenvalue weighted by atomic mass is 32.2. The molecule has 1 fully saturated rings. The summed E-state index contributed by atoms with van der Waals surface area (Å²) < 4.78 is 0. The molecule has 1 aromatic carbocycles. The standard InChI is InChI=1S/C13H14N2O2S/c16-12-8-18-11-4-3-9(7-10(11)14-12)13(17)15-5-1-2-6-15/h3-4,7H,1-2,5-6,8H2,(H,14,16). The summed E-state index contributed by atoms with van der Waals surface area (Å²) >= 11 is 1.51. The maximum Gasteiger partial charge on any atom is 0.253 e. The minimum absolute atomic E-state index is 0.00160. The van der Waals surface area contributed by atoms with E-state index in [0.29, 0.717) is 11.3 Å². The van der Waals surface area contributed by atoms with Crippen LogP contribution in [0.3, 0.4) is 0 Å². The zero-order chi connectivity index (χ0) is 12.5. The molecule has 18 heavy (non-hydrogen) atoms. The predicted molar refractivity (Wildman–Crippen MR) is 70.9 cm³/mol. The quantitative estimate of drug-likeness (QED) is 0.841. The Morgan fingerprint density at radius 2 is 2.06 bits per heavy atom. The molecule has 2 aliphatic heterocycles. The topological polar surface area (TPSA) is 49.4 Å². The number of fused-ring (bicyclic) bond motifs is 1. The highest BCUT2D eigenvalue weighted by molar-refractivity contribution is 8.00. The number of anilines is 1. The number of nitrogens with one attached hydrogen (secondary N) is 1. The molecule has 0 saturated carbocycles. The van der Waals surface area contributed by atoms with E-state index in [1.165, 1.54) is 11.8 Å². The summed E-state index contributed by atoms with van der Waals surface area (Å²) in [4.78, 5) is 26.5. The van der Waals surface area contributed by atoms with Crippen LogP contribution >= 0.6 is 11.8 Å². The summed E-state index contributed by atoms with van der Waals surface area (Å²) in [5.41, 5.74) is 1.43. The van der Waals surface area contributed by atoms with Crippen LogP contribution in [0.2, 0.25) is 0 Å². The van der Waals surface area contributed by atoms with Crippen molar-refractivity contribution < 1.29 is 9.59 Å². The summed E-state index contributed by atoms with van der Waals surface area (Å²) in [5.74, 6) is 0.519. The van der Waals surface area contributed by atoms with Gasteiger partial charge in [0.25, 0.3) is 5.91 Å². The van der Waals surface area contributed by atoms with Crippen LogP contribution < -0.4 is 5.32 Å². The molecule has 0 unspecified atom stereocenters. The molecule has 1 aromatic rings. The van der Waals surface area contributed by atoms with Crippen LogP contribution in [0.25, 0.3) is 0 Å². The molecule has 4 nitrogen and oxygen atoms in total. The van der Waals surface area contributed by atoms with Crippen molar-refractivity contribution in [3.05, 3.63) is 23.8 Å². The summed E-state index contributed by atoms with van der Waals surface area (Å²) in [6.07, 6.45) is 2.17. The molecule has 0 spiro atoms. The van der Waals surface area contributed by atoms with E-state index >= 15 is 0 Å². The van der Waals surface area contributed by atoms with E-state index in [4.69, 9.17) is 0 Å². The van der Waals surface area contributed by atoms with Crippen molar-refractivity contribution in [2.24, 2.45) is 0 Å². The maximum absolute atomic E-state index is 12.2. The lowest BCUT2D eigenvalue weighted by Crippen LogP contribution is -2.28. The van der Waals surface area contributed by atoms with Crippen LogP contribution in [0, 0.1) is 0 Å². The van der Waals surface area contributed by atoms with E-state index in [0.717, 1.165) is 36.5 Å². The van der Waals surface area contributed by atoms with Gasteiger partial charge in [0.1, 0.15) is 0 Å². The smallest absolute Gasteiger partial charge is 0.253 e. The molecule has 94 valence electrons. The second kappa shape index (κ2) is 4.65. The van der Waals surface area contributed by atoms with Crippen molar-refractivity contribution in [1.29, 1.82) is 0 Å². The van der Waals surface area contributed by atoms with E-state index in [-0.39, 0.29) is 11.8 Å². The second-order valence-electron chi connectivity index (χ2n) is 4.55. The molecule has 0 radical (unpaired) electrons. The van der Waals surface area contributed by atoms with Crippen molar-refractivity contribution in [2.75, 3.05) is 24.2 Å². The Bertz CT molecular complexity index is 510. The summed E-state index contributed by atoms with van der Waals surface area (Å²) in [5, 5.41) is 2.82. The number of hydrogen-bond acceptors (Lipinski definition) is 3. The Labute approximate surface area is 110 Å². The number of nitrogens with zero attached hydrogens (tertiary/aromatic N) is 1. The minimum atomic E-state index is -0.00160. The number of carbonyl (C=O) groups is 2. The Balaban J connectivity index is 1.87. The maximum atomic E-state index is 12.2. The first-order valence-electron chi connectivity index (χ1n) is 6.10. The highest BCUT2D eigenvalue weighted by Crippen LogP contribution is 2.32. The fourth-order valence-electron chi connectivity index (χ4n) is 2.32. The highest BCUT2D eigenvalue weighted by Gasteiger charge is 2.22. The number of carbonyl (C=O) groups excluding carboxylic acids is 2. The van der Waals surface area contributed by atoms with Crippen LogP contribution in [0.5, 0.6) is 0 Å². The second-order valence-corrected chi connectivity index (χ2v) is 5.56. The molecule has 2 aliphatic rings. The Morgan fingerprint density at radius 3 is 2.83 bits per heavy atom. The lowest BCUT2D eigenvalue weighted by molar-refractivity contribution is -0.113. The molecule has 0 bridgehead atoms. The number of rotatable bonds is 1. The van der Waals surface area contributed by atoms with E-state index in [1.807, 2.05) is 17.0 Å². The number of likely N-dealkylation sites (tertiary alicyclic amines) is 1. The summed E-state index contributed by atoms with van der Waals surface area (Å²) in [6.45, 7) is 1.69. The molecule has 2 heterocycles. The van der Waals surface area contributed by atoms with E-state index in [2.05, 4.69) is 5.32 Å². The third-order valence-corrected chi connectivity index (χ3v) is 4.33. The molecule has 1 N–H and O–H groups in total. The van der Waals surface area contributed by atoms with Crippen LogP contribution in [-0.2, 0) is 4.79 Å². The third-order valence-electron chi connectivity index (χ3n) is 3.25. The molecule has 2 amide bonds. The van der Waals surface area contributed by atoms with Gasteiger partial charge in [-0.2, -0.15) is 0 Å². The van der Waals surface area contributed by atoms with Gasteiger partial charge in [0.05, 0.1) is 11.4 Å². The Kier molecular flexibility index (Phi) is 2.99. The van der Waals surface area contributed by atoms with E-state index in [9.17, 15) is 9.59 Å². The van der Waals surface area contributed by atoms with Crippen LogP contribution in [-0.4, -0.2) is 35.6 Å². The van der Waals surface area contributed by atoms with Crippen molar-refractivity contribution in [2.45, 2.75) is 17.7 Å². The third kappa shape index (κ3) is 2.10. The largest absolute Gasteiger partial charge is 0.339 e. The fourth-order valence-corrected chi connectivity index (χ4v) is 3.11. The molecule has 0 aliphatic carbocycles. The predicted octanol–water partition coefficient (Wildman–Crippen LogP) is 1.97. The molecular weight excluding hydrogens is 248 g/mol. The SMILES string of the molecule is O=C1CSc2ccc(C(=O)N3CCCC3)cc2N1. The van der Waals surface area contributed by atoms with Gasteiger partial charge in [-0.05, 0) is 31.0 Å². The van der Waals surface area contributed by atoms with Gasteiger partial charge in [0, 0.05) is 23.5 Å². The van der Waals surface area contributed by atoms with Gasteiger partial charge in [0.15, 0.2) is 0 Å². The number of hydrogen-bond donors (Lipinski definition) is 1. The molecule has 3 rings (SSSR count). The van der Waals surface area contributed by atoms with E-state index in [1.54, 1.807) is 6.07 Å². The van der Waals surface area contributed by atoms with Crippen LogP contribution in [0.1, 0.15) is 23.2 Å². The lowest BCUT2D eigenvalue weighted by atomic mass is 10.1. The first kappa shape index (κ1) is 11.6. The number of amides is 2. The van der Waals surface area contributed by atoms with Crippen molar-refractivity contribution in [1.82, 2.24) is 4.90 Å². The van der Waals surface area contributed by atoms with Gasteiger partial charge >= 0.3 is 0 Å². The van der Waals surface area contributed by atoms with Crippen molar-refractivity contribution in [3.8, 4) is 0 Å². The van der Waals surface area contributed by atoms with Gasteiger partial charge < -0.3 is 10.2 Å². The Morgan fingerprint density at radius 1 is 1.28 bits per heavy atom. The molecule has 1 saturated heterocycles. The number of thioether (sulfide) groups is 1. The van der Waals surface area contributed by atoms with E-state index < -0.39 is 0 Å². The van der Waals surface area contributed by atoms with Gasteiger partial charge in [0.2, 0.25) is 5.91 Å². The van der Waals surface area contributed by atoms with Gasteiger partial charge in [-0.3, -0.25) is 9.59 Å². The van der Waals surface area contributed by atoms with Crippen molar-refractivity contribution in [3.63, 3.8) is 0 Å². The van der Waals surface area contributed by atoms with Gasteiger partial charge in [-0.1, -0.05) is 0 Å².